The Hall–Kier alpha value is -2.67. The van der Waals surface area contributed by atoms with Crippen LogP contribution in [0.15, 0.2) is 42.6 Å². The molecule has 0 bridgehead atoms. The fourth-order valence-electron chi connectivity index (χ4n) is 2.83. The maximum absolute atomic E-state index is 13.2. The maximum Gasteiger partial charge on any atom is 0.238 e. The summed E-state index contributed by atoms with van der Waals surface area (Å²) < 4.78 is 18.3. The molecule has 0 aliphatic carbocycles. The summed E-state index contributed by atoms with van der Waals surface area (Å²) in [5.74, 6) is 0.231. The van der Waals surface area contributed by atoms with Crippen LogP contribution in [0, 0.1) is 5.95 Å². The number of hydrogen-bond acceptors (Lipinski definition) is 5. The minimum atomic E-state index is -0.473. The van der Waals surface area contributed by atoms with E-state index in [1.807, 2.05) is 24.3 Å². The van der Waals surface area contributed by atoms with Crippen molar-refractivity contribution in [1.29, 1.82) is 0 Å². The topological polar surface area (TPSA) is 57.7 Å². The van der Waals surface area contributed by atoms with E-state index in [1.54, 1.807) is 13.2 Å². The van der Waals surface area contributed by atoms with E-state index < -0.39 is 5.95 Å². The van der Waals surface area contributed by atoms with E-state index in [0.29, 0.717) is 6.54 Å². The second-order valence-corrected chi connectivity index (χ2v) is 5.88. The average molecular weight is 344 g/mol. The van der Waals surface area contributed by atoms with Gasteiger partial charge in [0.2, 0.25) is 11.9 Å². The highest BCUT2D eigenvalue weighted by Crippen LogP contribution is 2.17. The normalized spacial score (nSPS) is 15.0. The van der Waals surface area contributed by atoms with Crippen LogP contribution in [-0.2, 0) is 4.79 Å². The quantitative estimate of drug-likeness (QED) is 0.841. The Morgan fingerprint density at radius 3 is 2.56 bits per heavy atom. The summed E-state index contributed by atoms with van der Waals surface area (Å²) in [5.41, 5.74) is 1.58. The predicted octanol–water partition coefficient (Wildman–Crippen LogP) is 1.99. The fraction of sp³-hybridized carbons (Fsp3) is 0.333. The molecule has 1 aliphatic heterocycles. The second-order valence-electron chi connectivity index (χ2n) is 5.88. The van der Waals surface area contributed by atoms with Crippen LogP contribution in [0.5, 0.6) is 5.75 Å². The van der Waals surface area contributed by atoms with Gasteiger partial charge in [-0.2, -0.15) is 4.39 Å². The van der Waals surface area contributed by atoms with Crippen LogP contribution in [0.2, 0.25) is 0 Å². The lowest BCUT2D eigenvalue weighted by molar-refractivity contribution is -0.117. The van der Waals surface area contributed by atoms with Crippen LogP contribution >= 0.6 is 0 Å². The third-order valence-corrected chi connectivity index (χ3v) is 4.19. The van der Waals surface area contributed by atoms with Crippen molar-refractivity contribution in [3.05, 3.63) is 48.5 Å². The zero-order valence-corrected chi connectivity index (χ0v) is 14.1. The molecule has 1 aromatic heterocycles. The van der Waals surface area contributed by atoms with E-state index in [1.165, 1.54) is 12.3 Å². The summed E-state index contributed by atoms with van der Waals surface area (Å²) in [6.07, 6.45) is 1.47. The molecule has 2 heterocycles. The van der Waals surface area contributed by atoms with Gasteiger partial charge in [-0.15, -0.1) is 0 Å². The van der Waals surface area contributed by atoms with E-state index in [0.717, 1.165) is 43.3 Å². The average Bonchev–Trinajstić information content (AvgIpc) is 2.63. The Morgan fingerprint density at radius 2 is 1.92 bits per heavy atom. The molecule has 1 fully saturated rings. The van der Waals surface area contributed by atoms with E-state index in [-0.39, 0.29) is 5.91 Å². The van der Waals surface area contributed by atoms with Crippen molar-refractivity contribution in [1.82, 2.24) is 9.88 Å². The largest absolute Gasteiger partial charge is 0.497 e. The lowest BCUT2D eigenvalue weighted by Gasteiger charge is -2.35. The van der Waals surface area contributed by atoms with Crippen LogP contribution in [0.4, 0.5) is 15.8 Å². The van der Waals surface area contributed by atoms with Gasteiger partial charge in [-0.3, -0.25) is 9.69 Å². The number of carbonyl (C=O) groups excluding carboxylic acids is 1. The molecule has 0 atom stereocenters. The van der Waals surface area contributed by atoms with E-state index in [4.69, 9.17) is 4.74 Å². The first-order valence-corrected chi connectivity index (χ1v) is 8.17. The summed E-state index contributed by atoms with van der Waals surface area (Å²) in [6, 6.07) is 10.5. The van der Waals surface area contributed by atoms with Crippen molar-refractivity contribution in [3.8, 4) is 5.75 Å². The number of benzene rings is 1. The highest BCUT2D eigenvalue weighted by atomic mass is 19.1. The number of anilines is 2. The van der Waals surface area contributed by atoms with Crippen molar-refractivity contribution in [3.63, 3.8) is 0 Å². The highest BCUT2D eigenvalue weighted by Gasteiger charge is 2.19. The molecule has 1 N–H and O–H groups in total. The van der Waals surface area contributed by atoms with E-state index >= 15 is 0 Å². The molecule has 1 aliphatic rings. The van der Waals surface area contributed by atoms with Gasteiger partial charge >= 0.3 is 0 Å². The minimum Gasteiger partial charge on any atom is -0.497 e. The Morgan fingerprint density at radius 1 is 1.20 bits per heavy atom. The molecule has 25 heavy (non-hydrogen) atoms. The zero-order valence-electron chi connectivity index (χ0n) is 14.1. The number of aromatic nitrogens is 1. The number of rotatable bonds is 5. The number of ether oxygens (including phenoxy) is 1. The maximum atomic E-state index is 13.2. The van der Waals surface area contributed by atoms with Crippen LogP contribution in [0.1, 0.15) is 0 Å². The van der Waals surface area contributed by atoms with Gasteiger partial charge in [-0.05, 0) is 30.3 Å². The van der Waals surface area contributed by atoms with Gasteiger partial charge in [0.05, 0.1) is 13.7 Å². The summed E-state index contributed by atoms with van der Waals surface area (Å²) in [6.45, 7) is 3.34. The SMILES string of the molecule is COc1ccc(NC(=O)CN2CCN(c3ccnc(F)c3)CC2)cc1. The molecule has 0 spiro atoms. The van der Waals surface area contributed by atoms with Gasteiger partial charge in [0.25, 0.3) is 0 Å². The highest BCUT2D eigenvalue weighted by molar-refractivity contribution is 5.92. The standard InChI is InChI=1S/C18H21FN4O2/c1-25-16-4-2-14(3-5-16)21-18(24)13-22-8-10-23(11-9-22)15-6-7-20-17(19)12-15/h2-7,12H,8-11,13H2,1H3,(H,21,24). The monoisotopic (exact) mass is 344 g/mol. The van der Waals surface area contributed by atoms with E-state index in [9.17, 15) is 9.18 Å². The third kappa shape index (κ3) is 4.67. The Labute approximate surface area is 146 Å². The van der Waals surface area contributed by atoms with Gasteiger partial charge < -0.3 is 15.0 Å². The van der Waals surface area contributed by atoms with Crippen LogP contribution < -0.4 is 15.0 Å². The zero-order chi connectivity index (χ0) is 17.6. The number of nitrogens with zero attached hydrogens (tertiary/aromatic N) is 3. The number of halogens is 1. The third-order valence-electron chi connectivity index (χ3n) is 4.19. The first kappa shape index (κ1) is 17.2. The van der Waals surface area contributed by atoms with Crippen molar-refractivity contribution in [2.24, 2.45) is 0 Å². The molecule has 7 heteroatoms. The Balaban J connectivity index is 1.47. The molecule has 132 valence electrons. The summed E-state index contributed by atoms with van der Waals surface area (Å²) >= 11 is 0. The molecule has 1 saturated heterocycles. The predicted molar refractivity (Wildman–Crippen MR) is 94.5 cm³/mol. The number of nitrogens with one attached hydrogen (secondary N) is 1. The number of hydrogen-bond donors (Lipinski definition) is 1. The molecule has 6 nitrogen and oxygen atoms in total. The van der Waals surface area contributed by atoms with E-state index in [2.05, 4.69) is 20.1 Å². The Bertz CT molecular complexity index is 715. The van der Waals surface area contributed by atoms with Crippen molar-refractivity contribution >= 4 is 17.3 Å². The molecule has 1 amide bonds. The number of piperazine rings is 1. The van der Waals surface area contributed by atoms with Crippen LogP contribution in [-0.4, -0.2) is 55.6 Å². The van der Waals surface area contributed by atoms with Gasteiger partial charge in [0.15, 0.2) is 0 Å². The van der Waals surface area contributed by atoms with Crippen molar-refractivity contribution in [2.75, 3.05) is 50.1 Å². The van der Waals surface area contributed by atoms with Gasteiger partial charge in [0, 0.05) is 49.8 Å². The minimum absolute atomic E-state index is 0.0476. The van der Waals surface area contributed by atoms with Crippen LogP contribution in [0.25, 0.3) is 0 Å². The smallest absolute Gasteiger partial charge is 0.238 e. The number of carbonyl (C=O) groups is 1. The van der Waals surface area contributed by atoms with Gasteiger partial charge in [-0.1, -0.05) is 0 Å². The molecule has 1 aromatic carbocycles. The first-order valence-electron chi connectivity index (χ1n) is 8.17. The molecule has 0 saturated carbocycles. The summed E-state index contributed by atoms with van der Waals surface area (Å²) in [7, 11) is 1.60. The second kappa shape index (κ2) is 7.94. The van der Waals surface area contributed by atoms with Gasteiger partial charge in [0.1, 0.15) is 5.75 Å². The molecular weight excluding hydrogens is 323 g/mol. The Kier molecular flexibility index (Phi) is 5.45. The number of amides is 1. The molecule has 0 unspecified atom stereocenters. The summed E-state index contributed by atoms with van der Waals surface area (Å²) in [5, 5.41) is 2.88. The first-order chi connectivity index (χ1) is 12.1. The van der Waals surface area contributed by atoms with Crippen molar-refractivity contribution < 1.29 is 13.9 Å². The van der Waals surface area contributed by atoms with Gasteiger partial charge in [-0.25, -0.2) is 4.98 Å². The number of pyridine rings is 1. The summed E-state index contributed by atoms with van der Waals surface area (Å²) in [4.78, 5) is 19.9. The lowest BCUT2D eigenvalue weighted by atomic mass is 10.2. The fourth-order valence-corrected chi connectivity index (χ4v) is 2.83. The lowest BCUT2D eigenvalue weighted by Crippen LogP contribution is -2.48. The molecule has 2 aromatic rings. The molecule has 0 radical (unpaired) electrons. The van der Waals surface area contributed by atoms with Crippen molar-refractivity contribution in [2.45, 2.75) is 0 Å². The molecular formula is C18H21FN4O2. The number of methoxy groups -OCH3 is 1. The molecule has 3 rings (SSSR count). The van der Waals surface area contributed by atoms with Crippen LogP contribution in [0.3, 0.4) is 0 Å².